The first kappa shape index (κ1) is 13.7. The molecule has 4 heteroatoms. The van der Waals surface area contributed by atoms with E-state index in [1.54, 1.807) is 0 Å². The second-order valence-electron chi connectivity index (χ2n) is 5.58. The molecule has 2 aliphatic heterocycles. The molecule has 2 saturated heterocycles. The Bertz CT molecular complexity index is 258. The van der Waals surface area contributed by atoms with Crippen LogP contribution in [0.5, 0.6) is 0 Å². The van der Waals surface area contributed by atoms with Crippen LogP contribution in [0.3, 0.4) is 0 Å². The fourth-order valence-electron chi connectivity index (χ4n) is 3.02. The molecular weight excluding hydrogens is 226 g/mol. The fraction of sp³-hybridized carbons (Fsp3) is 0.929. The maximum Gasteiger partial charge on any atom is 0.319 e. The summed E-state index contributed by atoms with van der Waals surface area (Å²) in [6.45, 7) is 7.99. The van der Waals surface area contributed by atoms with Gasteiger partial charge >= 0.3 is 6.03 Å². The zero-order chi connectivity index (χ0) is 12.8. The summed E-state index contributed by atoms with van der Waals surface area (Å²) in [4.78, 5) is 16.5. The van der Waals surface area contributed by atoms with Crippen molar-refractivity contribution in [2.45, 2.75) is 39.0 Å². The van der Waals surface area contributed by atoms with Gasteiger partial charge in [0, 0.05) is 26.2 Å². The minimum absolute atomic E-state index is 0.266. The number of hydrogen-bond acceptors (Lipinski definition) is 2. The quantitative estimate of drug-likeness (QED) is 0.834. The third kappa shape index (κ3) is 3.61. The van der Waals surface area contributed by atoms with Gasteiger partial charge in [0.25, 0.3) is 0 Å². The number of nitrogens with zero attached hydrogens (tertiary/aromatic N) is 2. The van der Waals surface area contributed by atoms with Gasteiger partial charge in [-0.2, -0.15) is 0 Å². The molecule has 104 valence electrons. The van der Waals surface area contributed by atoms with Gasteiger partial charge in [0.1, 0.15) is 0 Å². The van der Waals surface area contributed by atoms with E-state index in [0.29, 0.717) is 5.92 Å². The molecule has 1 unspecified atom stereocenters. The van der Waals surface area contributed by atoms with Crippen LogP contribution in [-0.4, -0.2) is 55.1 Å². The van der Waals surface area contributed by atoms with Crippen molar-refractivity contribution in [3.8, 4) is 0 Å². The predicted molar refractivity (Wildman–Crippen MR) is 73.7 cm³/mol. The molecule has 0 radical (unpaired) electrons. The van der Waals surface area contributed by atoms with Crippen molar-refractivity contribution in [3.63, 3.8) is 0 Å². The summed E-state index contributed by atoms with van der Waals surface area (Å²) in [5.41, 5.74) is 0. The zero-order valence-electron chi connectivity index (χ0n) is 11.7. The number of rotatable bonds is 3. The van der Waals surface area contributed by atoms with E-state index in [2.05, 4.69) is 12.2 Å². The Morgan fingerprint density at radius 2 is 2.06 bits per heavy atom. The molecule has 0 aromatic rings. The van der Waals surface area contributed by atoms with Crippen molar-refractivity contribution in [1.82, 2.24) is 15.1 Å². The van der Waals surface area contributed by atoms with E-state index >= 15 is 0 Å². The molecule has 0 aromatic carbocycles. The molecule has 2 amide bonds. The van der Waals surface area contributed by atoms with Crippen LogP contribution < -0.4 is 5.32 Å². The predicted octanol–water partition coefficient (Wildman–Crippen LogP) is 1.91. The number of urea groups is 1. The largest absolute Gasteiger partial charge is 0.325 e. The lowest BCUT2D eigenvalue weighted by atomic mass is 9.99. The number of amides is 2. The topological polar surface area (TPSA) is 35.6 Å². The number of carbonyl (C=O) groups excluding carboxylic acids is 1. The van der Waals surface area contributed by atoms with Crippen molar-refractivity contribution in [2.75, 3.05) is 39.3 Å². The highest BCUT2D eigenvalue weighted by Gasteiger charge is 2.24. The third-order valence-electron chi connectivity index (χ3n) is 4.16. The fourth-order valence-corrected chi connectivity index (χ4v) is 3.02. The van der Waals surface area contributed by atoms with Crippen molar-refractivity contribution in [1.29, 1.82) is 0 Å². The second kappa shape index (κ2) is 6.98. The molecule has 2 aliphatic rings. The Kier molecular flexibility index (Phi) is 5.29. The van der Waals surface area contributed by atoms with Gasteiger partial charge in [-0.05, 0) is 58.0 Å². The van der Waals surface area contributed by atoms with Gasteiger partial charge in [0.05, 0.1) is 0 Å². The molecule has 2 fully saturated rings. The molecule has 1 N–H and O–H groups in total. The van der Waals surface area contributed by atoms with Crippen LogP contribution in [-0.2, 0) is 0 Å². The molecule has 18 heavy (non-hydrogen) atoms. The van der Waals surface area contributed by atoms with Crippen LogP contribution >= 0.6 is 0 Å². The Hall–Kier alpha value is -0.770. The molecule has 4 nitrogen and oxygen atoms in total. The Labute approximate surface area is 111 Å². The second-order valence-corrected chi connectivity index (χ2v) is 5.58. The minimum Gasteiger partial charge on any atom is -0.325 e. The van der Waals surface area contributed by atoms with Crippen LogP contribution in [0, 0.1) is 5.92 Å². The first-order chi connectivity index (χ1) is 8.81. The highest BCUT2D eigenvalue weighted by atomic mass is 16.2. The van der Waals surface area contributed by atoms with E-state index in [4.69, 9.17) is 0 Å². The Morgan fingerprint density at radius 1 is 1.28 bits per heavy atom. The van der Waals surface area contributed by atoms with E-state index < -0.39 is 0 Å². The first-order valence-corrected chi connectivity index (χ1v) is 7.56. The summed E-state index contributed by atoms with van der Waals surface area (Å²) in [6.07, 6.45) is 6.14. The van der Waals surface area contributed by atoms with Gasteiger partial charge in [0.2, 0.25) is 0 Å². The molecule has 1 atom stereocenters. The third-order valence-corrected chi connectivity index (χ3v) is 4.16. The van der Waals surface area contributed by atoms with Gasteiger partial charge < -0.3 is 15.1 Å². The summed E-state index contributed by atoms with van der Waals surface area (Å²) >= 11 is 0. The molecule has 0 spiro atoms. The average molecular weight is 253 g/mol. The normalized spacial score (nSPS) is 24.9. The number of nitrogens with one attached hydrogen (secondary N) is 1. The SMILES string of the molecule is CCN(CC1CCCNC1)C(=O)N1CCCCC1. The monoisotopic (exact) mass is 253 g/mol. The summed E-state index contributed by atoms with van der Waals surface area (Å²) < 4.78 is 0. The van der Waals surface area contributed by atoms with Crippen LogP contribution in [0.4, 0.5) is 4.79 Å². The number of likely N-dealkylation sites (tertiary alicyclic amines) is 1. The molecule has 2 heterocycles. The summed E-state index contributed by atoms with van der Waals surface area (Å²) in [5.74, 6) is 0.646. The van der Waals surface area contributed by atoms with Crippen molar-refractivity contribution in [2.24, 2.45) is 5.92 Å². The summed E-state index contributed by atoms with van der Waals surface area (Å²) in [7, 11) is 0. The molecule has 0 aliphatic carbocycles. The smallest absolute Gasteiger partial charge is 0.319 e. The van der Waals surface area contributed by atoms with Crippen LogP contribution in [0.1, 0.15) is 39.0 Å². The van der Waals surface area contributed by atoms with E-state index in [9.17, 15) is 4.79 Å². The Morgan fingerprint density at radius 3 is 2.67 bits per heavy atom. The summed E-state index contributed by atoms with van der Waals surface area (Å²) in [5, 5.41) is 3.43. The van der Waals surface area contributed by atoms with Gasteiger partial charge in [-0.25, -0.2) is 4.79 Å². The molecular formula is C14H27N3O. The lowest BCUT2D eigenvalue weighted by molar-refractivity contribution is 0.135. The van der Waals surface area contributed by atoms with E-state index in [-0.39, 0.29) is 6.03 Å². The van der Waals surface area contributed by atoms with Crippen molar-refractivity contribution < 1.29 is 4.79 Å². The van der Waals surface area contributed by atoms with E-state index in [1.165, 1.54) is 32.1 Å². The zero-order valence-corrected chi connectivity index (χ0v) is 11.7. The van der Waals surface area contributed by atoms with Gasteiger partial charge in [-0.1, -0.05) is 0 Å². The average Bonchev–Trinajstić information content (AvgIpc) is 2.46. The van der Waals surface area contributed by atoms with E-state index in [1.807, 2.05) is 9.80 Å². The standard InChI is InChI=1S/C14H27N3O/c1-2-16(12-13-7-6-8-15-11-13)14(18)17-9-4-3-5-10-17/h13,15H,2-12H2,1H3. The van der Waals surface area contributed by atoms with Gasteiger partial charge in [0.15, 0.2) is 0 Å². The number of hydrogen-bond donors (Lipinski definition) is 1. The molecule has 0 aromatic heterocycles. The first-order valence-electron chi connectivity index (χ1n) is 7.56. The van der Waals surface area contributed by atoms with Crippen molar-refractivity contribution >= 4 is 6.03 Å². The van der Waals surface area contributed by atoms with Crippen LogP contribution in [0.15, 0.2) is 0 Å². The highest BCUT2D eigenvalue weighted by molar-refractivity contribution is 5.74. The number of piperidine rings is 2. The minimum atomic E-state index is 0.266. The van der Waals surface area contributed by atoms with Crippen molar-refractivity contribution in [3.05, 3.63) is 0 Å². The lowest BCUT2D eigenvalue weighted by Crippen LogP contribution is -2.48. The van der Waals surface area contributed by atoms with Crippen LogP contribution in [0.2, 0.25) is 0 Å². The maximum absolute atomic E-state index is 12.4. The van der Waals surface area contributed by atoms with Gasteiger partial charge in [-0.3, -0.25) is 0 Å². The maximum atomic E-state index is 12.4. The lowest BCUT2D eigenvalue weighted by Gasteiger charge is -2.35. The molecule has 0 saturated carbocycles. The highest BCUT2D eigenvalue weighted by Crippen LogP contribution is 2.15. The summed E-state index contributed by atoms with van der Waals surface area (Å²) in [6, 6.07) is 0.266. The molecule has 2 rings (SSSR count). The van der Waals surface area contributed by atoms with Crippen LogP contribution in [0.25, 0.3) is 0 Å². The molecule has 0 bridgehead atoms. The van der Waals surface area contributed by atoms with E-state index in [0.717, 1.165) is 39.3 Å². The Balaban J connectivity index is 1.84. The van der Waals surface area contributed by atoms with Gasteiger partial charge in [-0.15, -0.1) is 0 Å². The number of carbonyl (C=O) groups is 1.